The molecule has 9 nitrogen and oxygen atoms in total. The van der Waals surface area contributed by atoms with E-state index >= 15 is 0 Å². The summed E-state index contributed by atoms with van der Waals surface area (Å²) < 4.78 is 10.0. The number of amides is 1. The lowest BCUT2D eigenvalue weighted by atomic mass is 10.1. The Bertz CT molecular complexity index is 962. The molecule has 144 valence electrons. The third-order valence-electron chi connectivity index (χ3n) is 4.46. The summed E-state index contributed by atoms with van der Waals surface area (Å²) in [5.74, 6) is -0.603. The number of rotatable bonds is 6. The molecular weight excluding hydrogens is 352 g/mol. The van der Waals surface area contributed by atoms with Crippen molar-refractivity contribution in [2.24, 2.45) is 0 Å². The number of carbonyl (C=O) groups is 2. The zero-order chi connectivity index (χ0) is 19.8. The number of carbonyl (C=O) groups excluding carboxylic acids is 2. The minimum Gasteiger partial charge on any atom is -0.467 e. The van der Waals surface area contributed by atoms with E-state index < -0.39 is 17.1 Å². The van der Waals surface area contributed by atoms with E-state index in [1.54, 1.807) is 38.1 Å². The van der Waals surface area contributed by atoms with Crippen molar-refractivity contribution < 1.29 is 18.7 Å². The SMILES string of the molecule is COC(=O)C1(Nc2nc3ccc(NC(=O)CN(C)C)c(C)c3c(=O)o2)CC1. The summed E-state index contributed by atoms with van der Waals surface area (Å²) in [5.41, 5.74) is 0.0429. The summed E-state index contributed by atoms with van der Waals surface area (Å²) in [7, 11) is 4.89. The van der Waals surface area contributed by atoms with Crippen LogP contribution in [-0.4, -0.2) is 55.0 Å². The van der Waals surface area contributed by atoms with Crippen molar-refractivity contribution in [1.29, 1.82) is 0 Å². The molecule has 2 N–H and O–H groups in total. The Labute approximate surface area is 155 Å². The van der Waals surface area contributed by atoms with Gasteiger partial charge >= 0.3 is 11.6 Å². The molecule has 1 aromatic carbocycles. The molecule has 0 spiro atoms. The lowest BCUT2D eigenvalue weighted by molar-refractivity contribution is -0.142. The number of likely N-dealkylation sites (N-methyl/N-ethyl adjacent to an activating group) is 1. The van der Waals surface area contributed by atoms with E-state index in [-0.39, 0.29) is 23.9 Å². The average Bonchev–Trinajstić information content (AvgIpc) is 3.36. The first kappa shape index (κ1) is 18.8. The summed E-state index contributed by atoms with van der Waals surface area (Å²) in [6.45, 7) is 1.94. The topological polar surface area (TPSA) is 114 Å². The minimum atomic E-state index is -0.874. The fraction of sp³-hybridized carbons (Fsp3) is 0.444. The second kappa shape index (κ2) is 6.99. The van der Waals surface area contributed by atoms with E-state index in [0.717, 1.165) is 0 Å². The quantitative estimate of drug-likeness (QED) is 0.723. The Kier molecular flexibility index (Phi) is 4.88. The number of aromatic nitrogens is 1. The molecule has 1 heterocycles. The van der Waals surface area contributed by atoms with E-state index in [2.05, 4.69) is 15.6 Å². The Hall–Kier alpha value is -2.94. The normalized spacial score (nSPS) is 14.9. The molecule has 0 atom stereocenters. The van der Waals surface area contributed by atoms with Crippen molar-refractivity contribution in [2.45, 2.75) is 25.3 Å². The van der Waals surface area contributed by atoms with Crippen molar-refractivity contribution >= 4 is 34.5 Å². The van der Waals surface area contributed by atoms with Crippen LogP contribution in [0.25, 0.3) is 10.9 Å². The number of aryl methyl sites for hydroxylation is 1. The first-order chi connectivity index (χ1) is 12.8. The summed E-state index contributed by atoms with van der Waals surface area (Å²) >= 11 is 0. The van der Waals surface area contributed by atoms with Crippen LogP contribution in [0.15, 0.2) is 21.3 Å². The largest absolute Gasteiger partial charge is 0.467 e. The van der Waals surface area contributed by atoms with Gasteiger partial charge in [-0.25, -0.2) is 9.59 Å². The molecule has 0 aliphatic heterocycles. The summed E-state index contributed by atoms with van der Waals surface area (Å²) in [6, 6.07) is 3.29. The van der Waals surface area contributed by atoms with E-state index in [1.807, 2.05) is 0 Å². The first-order valence-electron chi connectivity index (χ1n) is 8.51. The van der Waals surface area contributed by atoms with Gasteiger partial charge < -0.3 is 24.7 Å². The highest BCUT2D eigenvalue weighted by Gasteiger charge is 2.52. The second-order valence-electron chi connectivity index (χ2n) is 6.92. The molecule has 9 heteroatoms. The van der Waals surface area contributed by atoms with Gasteiger partial charge in [-0.3, -0.25) is 4.79 Å². The Balaban J connectivity index is 1.91. The van der Waals surface area contributed by atoms with Crippen molar-refractivity contribution in [3.8, 4) is 0 Å². The fourth-order valence-corrected chi connectivity index (χ4v) is 2.89. The molecule has 27 heavy (non-hydrogen) atoms. The summed E-state index contributed by atoms with van der Waals surface area (Å²) in [5, 5.41) is 5.94. The standard InChI is InChI=1S/C18H22N4O5/c1-10-11(19-13(23)9-22(2)3)5-6-12-14(10)15(24)27-17(20-12)21-18(7-8-18)16(25)26-4/h5-6H,7-9H2,1-4H3,(H,19,23)(H,20,21). The third kappa shape index (κ3) is 3.77. The monoisotopic (exact) mass is 374 g/mol. The van der Waals surface area contributed by atoms with Gasteiger partial charge in [0, 0.05) is 5.69 Å². The Morgan fingerprint density at radius 3 is 2.63 bits per heavy atom. The smallest absolute Gasteiger partial charge is 0.348 e. The van der Waals surface area contributed by atoms with Gasteiger partial charge in [-0.15, -0.1) is 0 Å². The highest BCUT2D eigenvalue weighted by Crippen LogP contribution is 2.39. The number of hydrogen-bond acceptors (Lipinski definition) is 8. The zero-order valence-electron chi connectivity index (χ0n) is 15.7. The Morgan fingerprint density at radius 1 is 1.33 bits per heavy atom. The molecule has 1 amide bonds. The third-order valence-corrected chi connectivity index (χ3v) is 4.46. The number of esters is 1. The predicted molar refractivity (Wildman–Crippen MR) is 99.8 cm³/mol. The Morgan fingerprint density at radius 2 is 2.04 bits per heavy atom. The van der Waals surface area contributed by atoms with E-state index in [1.165, 1.54) is 7.11 Å². The highest BCUT2D eigenvalue weighted by atomic mass is 16.5. The van der Waals surface area contributed by atoms with Crippen LogP contribution in [0.5, 0.6) is 0 Å². The van der Waals surface area contributed by atoms with Crippen LogP contribution in [-0.2, 0) is 14.3 Å². The number of methoxy groups -OCH3 is 1. The van der Waals surface area contributed by atoms with Crippen LogP contribution >= 0.6 is 0 Å². The number of anilines is 2. The minimum absolute atomic E-state index is 0.0285. The molecule has 0 saturated heterocycles. The molecule has 2 aromatic rings. The second-order valence-corrected chi connectivity index (χ2v) is 6.92. The van der Waals surface area contributed by atoms with Crippen molar-refractivity contribution in [1.82, 2.24) is 9.88 Å². The van der Waals surface area contributed by atoms with Crippen LogP contribution in [0.1, 0.15) is 18.4 Å². The number of hydrogen-bond donors (Lipinski definition) is 2. The molecule has 1 aromatic heterocycles. The van der Waals surface area contributed by atoms with Gasteiger partial charge in [0.2, 0.25) is 5.91 Å². The molecular formula is C18H22N4O5. The van der Waals surface area contributed by atoms with Crippen LogP contribution < -0.4 is 16.3 Å². The summed E-state index contributed by atoms with van der Waals surface area (Å²) in [4.78, 5) is 42.4. The van der Waals surface area contributed by atoms with Gasteiger partial charge in [0.05, 0.1) is 24.6 Å². The molecule has 0 radical (unpaired) electrons. The number of fused-ring (bicyclic) bond motifs is 1. The van der Waals surface area contributed by atoms with Gasteiger partial charge in [0.15, 0.2) is 0 Å². The van der Waals surface area contributed by atoms with Crippen LogP contribution in [0, 0.1) is 6.92 Å². The zero-order valence-corrected chi connectivity index (χ0v) is 15.7. The lowest BCUT2D eigenvalue weighted by Gasteiger charge is -2.15. The maximum absolute atomic E-state index is 12.5. The lowest BCUT2D eigenvalue weighted by Crippen LogP contribution is -2.33. The van der Waals surface area contributed by atoms with Crippen LogP contribution in [0.4, 0.5) is 11.7 Å². The van der Waals surface area contributed by atoms with Crippen LogP contribution in [0.3, 0.4) is 0 Å². The molecule has 1 fully saturated rings. The number of nitrogens with one attached hydrogen (secondary N) is 2. The van der Waals surface area contributed by atoms with Crippen molar-refractivity contribution in [2.75, 3.05) is 38.4 Å². The van der Waals surface area contributed by atoms with E-state index in [0.29, 0.717) is 29.6 Å². The van der Waals surface area contributed by atoms with Gasteiger partial charge in [-0.2, -0.15) is 4.98 Å². The van der Waals surface area contributed by atoms with Crippen molar-refractivity contribution in [3.05, 3.63) is 28.1 Å². The average molecular weight is 374 g/mol. The van der Waals surface area contributed by atoms with Crippen LogP contribution in [0.2, 0.25) is 0 Å². The molecule has 1 aliphatic rings. The van der Waals surface area contributed by atoms with E-state index in [9.17, 15) is 14.4 Å². The summed E-state index contributed by atoms with van der Waals surface area (Å²) in [6.07, 6.45) is 1.16. The molecule has 3 rings (SSSR count). The van der Waals surface area contributed by atoms with Gasteiger partial charge in [-0.05, 0) is 51.6 Å². The molecule has 0 bridgehead atoms. The predicted octanol–water partition coefficient (Wildman–Crippen LogP) is 1.11. The number of ether oxygens (including phenoxy) is 1. The number of benzene rings is 1. The number of nitrogens with zero attached hydrogens (tertiary/aromatic N) is 2. The highest BCUT2D eigenvalue weighted by molar-refractivity contribution is 5.96. The van der Waals surface area contributed by atoms with Gasteiger partial charge in [0.25, 0.3) is 6.01 Å². The van der Waals surface area contributed by atoms with Crippen molar-refractivity contribution in [3.63, 3.8) is 0 Å². The molecule has 1 aliphatic carbocycles. The first-order valence-corrected chi connectivity index (χ1v) is 8.51. The van der Waals surface area contributed by atoms with Gasteiger partial charge in [0.1, 0.15) is 5.54 Å². The maximum atomic E-state index is 12.5. The van der Waals surface area contributed by atoms with E-state index in [4.69, 9.17) is 9.15 Å². The fourth-order valence-electron chi connectivity index (χ4n) is 2.89. The maximum Gasteiger partial charge on any atom is 0.348 e. The molecule has 1 saturated carbocycles. The molecule has 0 unspecified atom stereocenters. The van der Waals surface area contributed by atoms with Gasteiger partial charge in [-0.1, -0.05) is 0 Å².